The second-order valence-electron chi connectivity index (χ2n) is 14.8. The fourth-order valence-corrected chi connectivity index (χ4v) is 22.4. The average Bonchev–Trinajstić information content (AvgIpc) is 3.59. The Morgan fingerprint density at radius 1 is 0.455 bits per heavy atom. The van der Waals surface area contributed by atoms with Crippen molar-refractivity contribution in [1.82, 2.24) is 0 Å². The Kier molecular flexibility index (Phi) is 9.78. The predicted octanol–water partition coefficient (Wildman–Crippen LogP) is 11.6. The van der Waals surface area contributed by atoms with Crippen molar-refractivity contribution in [3.63, 3.8) is 0 Å². The van der Waals surface area contributed by atoms with Crippen LogP contribution in [-0.4, -0.2) is 45.2 Å². The first-order valence-corrected chi connectivity index (χ1v) is 24.7. The minimum atomic E-state index is -1.92. The van der Waals surface area contributed by atoms with Crippen molar-refractivity contribution in [3.05, 3.63) is 57.4 Å². The number of hydrogen-bond donors (Lipinski definition) is 0. The van der Waals surface area contributed by atoms with E-state index in [1.807, 2.05) is 0 Å². The van der Waals surface area contributed by atoms with Gasteiger partial charge in [-0.2, -0.15) is 0 Å². The zero-order valence-electron chi connectivity index (χ0n) is 28.9. The third-order valence-corrected chi connectivity index (χ3v) is 27.1. The van der Waals surface area contributed by atoms with Gasteiger partial charge in [-0.3, -0.25) is 0 Å². The van der Waals surface area contributed by atoms with Crippen LogP contribution in [-0.2, 0) is 0 Å². The Labute approximate surface area is 280 Å². The molecule has 0 nitrogen and oxygen atoms in total. The zero-order valence-corrected chi connectivity index (χ0v) is 34.3. The van der Waals surface area contributed by atoms with Crippen LogP contribution in [0, 0.1) is 22.9 Å². The molecular formula is C40H50Se2Si2. The molecular weight excluding hydrogens is 695 g/mol. The van der Waals surface area contributed by atoms with Crippen molar-refractivity contribution < 1.29 is 0 Å². The van der Waals surface area contributed by atoms with Gasteiger partial charge in [0.25, 0.3) is 0 Å². The maximum absolute atomic E-state index is 4.12. The van der Waals surface area contributed by atoms with Gasteiger partial charge in [0, 0.05) is 0 Å². The Hall–Kier alpha value is -1.75. The molecule has 0 bridgehead atoms. The summed E-state index contributed by atoms with van der Waals surface area (Å²) >= 11 is 0.749. The molecule has 5 rings (SSSR count). The maximum atomic E-state index is 4.12. The molecule has 0 fully saturated rings. The molecule has 4 heteroatoms. The van der Waals surface area contributed by atoms with Gasteiger partial charge in [-0.1, -0.05) is 0 Å². The quantitative estimate of drug-likeness (QED) is 0.0923. The van der Waals surface area contributed by atoms with Crippen LogP contribution >= 0.6 is 0 Å². The third kappa shape index (κ3) is 5.49. The van der Waals surface area contributed by atoms with Gasteiger partial charge in [0.2, 0.25) is 0 Å². The second-order valence-corrected chi connectivity index (χ2v) is 29.9. The first-order chi connectivity index (χ1) is 20.7. The molecule has 44 heavy (non-hydrogen) atoms. The summed E-state index contributed by atoms with van der Waals surface area (Å²) in [5.41, 5.74) is 14.3. The van der Waals surface area contributed by atoms with Crippen LogP contribution < -0.4 is 0 Å². The molecule has 0 radical (unpaired) electrons. The summed E-state index contributed by atoms with van der Waals surface area (Å²) < 4.78 is 2.96. The van der Waals surface area contributed by atoms with Gasteiger partial charge in [0.05, 0.1) is 0 Å². The fourth-order valence-electron chi connectivity index (χ4n) is 8.61. The molecule has 0 amide bonds. The molecule has 3 aromatic carbocycles. The van der Waals surface area contributed by atoms with Gasteiger partial charge >= 0.3 is 283 Å². The van der Waals surface area contributed by atoms with Crippen LogP contribution in [0.15, 0.2) is 46.3 Å². The summed E-state index contributed by atoms with van der Waals surface area (Å²) in [6.07, 6.45) is 0. The van der Waals surface area contributed by atoms with Crippen molar-refractivity contribution in [2.75, 3.05) is 0 Å². The van der Waals surface area contributed by atoms with Crippen molar-refractivity contribution in [1.29, 1.82) is 0 Å². The molecule has 230 valence electrons. The van der Waals surface area contributed by atoms with Crippen LogP contribution in [0.1, 0.15) is 94.2 Å². The number of hydrogen-bond acceptors (Lipinski definition) is 0. The molecule has 0 unspecified atom stereocenters. The molecule has 0 saturated heterocycles. The summed E-state index contributed by atoms with van der Waals surface area (Å²) in [5, 5.41) is 7.99. The average molecular weight is 745 g/mol. The van der Waals surface area contributed by atoms with E-state index < -0.39 is 16.1 Å². The summed E-state index contributed by atoms with van der Waals surface area (Å²) in [5.74, 6) is 7.98. The molecule has 0 aliphatic rings. The van der Waals surface area contributed by atoms with Crippen LogP contribution in [0.5, 0.6) is 0 Å². The van der Waals surface area contributed by atoms with Crippen molar-refractivity contribution in [2.45, 2.75) is 116 Å². The van der Waals surface area contributed by atoms with Crippen molar-refractivity contribution in [2.24, 2.45) is 0 Å². The molecule has 0 N–H and O–H groups in total. The Morgan fingerprint density at radius 2 is 0.750 bits per heavy atom. The van der Waals surface area contributed by atoms with Crippen LogP contribution in [0.3, 0.4) is 0 Å². The first-order valence-electron chi connectivity index (χ1n) is 16.6. The van der Waals surface area contributed by atoms with Crippen molar-refractivity contribution in [3.8, 4) is 22.9 Å². The molecule has 0 atom stereocenters. The molecule has 0 saturated carbocycles. The molecule has 2 heterocycles. The van der Waals surface area contributed by atoms with Crippen LogP contribution in [0.4, 0.5) is 0 Å². The topological polar surface area (TPSA) is 0 Å². The SMILES string of the molecule is CC(C)[Si](C#Cc1c2cc3cc[se]c3cc2c(C#C[Si](C(C)C)(C(C)C)C(C)C)c2cc3cc[se]c3cc12)(C(C)C)C(C)C. The number of benzene rings is 3. The standard InChI is InChI=1S/C40H50Se2Si2/c1-25(2)43(26(3)4,27(5)6)19-15-33-35-21-31-13-17-42-40(31)24-38(35)34(16-20-44(28(7)8,29(9)10)30(11)12)36-22-32-14-18-41-39(32)23-37(33)36/h13-14,17-18,21-30H,1-12H3. The van der Waals surface area contributed by atoms with Crippen molar-refractivity contribution >= 4 is 86.0 Å². The molecule has 5 aromatic rings. The van der Waals surface area contributed by atoms with E-state index in [1.165, 1.54) is 52.0 Å². The zero-order chi connectivity index (χ0) is 32.1. The van der Waals surface area contributed by atoms with E-state index in [0.717, 1.165) is 0 Å². The third-order valence-electron chi connectivity index (χ3n) is 10.8. The minimum absolute atomic E-state index is 0.375. The second kappa shape index (κ2) is 12.8. The molecule has 0 aliphatic carbocycles. The fraction of sp³-hybridized carbons (Fsp3) is 0.450. The molecule has 0 spiro atoms. The predicted molar refractivity (Wildman–Crippen MR) is 206 cm³/mol. The summed E-state index contributed by atoms with van der Waals surface area (Å²) in [6.45, 7) is 29.1. The van der Waals surface area contributed by atoms with E-state index in [4.69, 9.17) is 0 Å². The number of rotatable bonds is 6. The first kappa shape index (κ1) is 33.6. The van der Waals surface area contributed by atoms with E-state index >= 15 is 0 Å². The van der Waals surface area contributed by atoms with Gasteiger partial charge < -0.3 is 0 Å². The normalized spacial score (nSPS) is 13.0. The van der Waals surface area contributed by atoms with E-state index in [1.54, 1.807) is 0 Å². The molecule has 2 aromatic heterocycles. The van der Waals surface area contributed by atoms with Gasteiger partial charge in [0.1, 0.15) is 0 Å². The Balaban J connectivity index is 1.98. The van der Waals surface area contributed by atoms with Crippen LogP contribution in [0.25, 0.3) is 40.8 Å². The Morgan fingerprint density at radius 3 is 1.05 bits per heavy atom. The van der Waals surface area contributed by atoms with E-state index in [9.17, 15) is 0 Å². The Bertz CT molecular complexity index is 1690. The van der Waals surface area contributed by atoms with E-state index in [0.29, 0.717) is 62.3 Å². The van der Waals surface area contributed by atoms with E-state index in [2.05, 4.69) is 152 Å². The van der Waals surface area contributed by atoms with E-state index in [-0.39, 0.29) is 0 Å². The van der Waals surface area contributed by atoms with Gasteiger partial charge in [-0.25, -0.2) is 0 Å². The number of fused-ring (bicyclic) bond motifs is 4. The van der Waals surface area contributed by atoms with Crippen LogP contribution in [0.2, 0.25) is 33.2 Å². The summed E-state index contributed by atoms with van der Waals surface area (Å²) in [6, 6.07) is 14.6. The van der Waals surface area contributed by atoms with Gasteiger partial charge in [-0.05, 0) is 0 Å². The van der Waals surface area contributed by atoms with Gasteiger partial charge in [-0.15, -0.1) is 0 Å². The summed E-state index contributed by atoms with van der Waals surface area (Å²) in [7, 11) is -3.84. The van der Waals surface area contributed by atoms with Gasteiger partial charge in [0.15, 0.2) is 0 Å². The monoisotopic (exact) mass is 746 g/mol. The molecule has 0 aliphatic heterocycles. The summed E-state index contributed by atoms with van der Waals surface area (Å²) in [4.78, 5) is 4.74.